The van der Waals surface area contributed by atoms with Gasteiger partial charge in [0, 0.05) is 30.1 Å². The number of nitrogens with one attached hydrogen (secondary N) is 1. The van der Waals surface area contributed by atoms with E-state index in [9.17, 15) is 0 Å². The van der Waals surface area contributed by atoms with E-state index in [0.29, 0.717) is 18.1 Å². The highest BCUT2D eigenvalue weighted by molar-refractivity contribution is 5.90. The molecule has 1 unspecified atom stereocenters. The van der Waals surface area contributed by atoms with Crippen LogP contribution in [0.4, 0.5) is 5.69 Å². The number of aromatic nitrogens is 2. The van der Waals surface area contributed by atoms with E-state index in [0.717, 1.165) is 41.8 Å². The summed E-state index contributed by atoms with van der Waals surface area (Å²) in [5, 5.41) is 2.07. The number of hydrogen-bond acceptors (Lipinski definition) is 8. The number of fused-ring (bicyclic) bond motifs is 1. The number of anilines is 1. The fraction of sp³-hybridized carbons (Fsp3) is 0.368. The predicted molar refractivity (Wildman–Crippen MR) is 102 cm³/mol. The molecule has 1 fully saturated rings. The zero-order valence-corrected chi connectivity index (χ0v) is 15.4. The smallest absolute Gasteiger partial charge is 0.319 e. The summed E-state index contributed by atoms with van der Waals surface area (Å²) in [4.78, 5) is 8.57. The second kappa shape index (κ2) is 7.32. The minimum atomic E-state index is 0.181. The highest BCUT2D eigenvalue weighted by Crippen LogP contribution is 2.40. The molecule has 1 saturated heterocycles. The molecule has 0 bridgehead atoms. The fourth-order valence-corrected chi connectivity index (χ4v) is 3.50. The highest BCUT2D eigenvalue weighted by Gasteiger charge is 2.27. The van der Waals surface area contributed by atoms with Crippen LogP contribution in [0.25, 0.3) is 16.8 Å². The lowest BCUT2D eigenvalue weighted by Gasteiger charge is -2.34. The minimum Gasteiger partial charge on any atom is -0.480 e. The van der Waals surface area contributed by atoms with E-state index >= 15 is 0 Å². The summed E-state index contributed by atoms with van der Waals surface area (Å²) in [7, 11) is 3.11. The molecule has 2 aromatic rings. The van der Waals surface area contributed by atoms with Crippen LogP contribution < -0.4 is 25.6 Å². The number of rotatable bonds is 5. The Hall–Kier alpha value is -3.00. The topological polar surface area (TPSA) is 94.8 Å². The molecule has 0 radical (unpaired) electrons. The van der Waals surface area contributed by atoms with Crippen molar-refractivity contribution in [2.24, 2.45) is 5.73 Å². The van der Waals surface area contributed by atoms with Crippen molar-refractivity contribution in [3.63, 3.8) is 0 Å². The second-order valence-electron chi connectivity index (χ2n) is 6.46. The fourth-order valence-electron chi connectivity index (χ4n) is 3.50. The number of methoxy groups -OCH3 is 2. The third-order valence-electron chi connectivity index (χ3n) is 4.80. The third-order valence-corrected chi connectivity index (χ3v) is 4.80. The molecule has 0 amide bonds. The largest absolute Gasteiger partial charge is 0.480 e. The molecule has 2 aliphatic rings. The van der Waals surface area contributed by atoms with Crippen molar-refractivity contribution < 1.29 is 14.2 Å². The van der Waals surface area contributed by atoms with Crippen molar-refractivity contribution in [3.05, 3.63) is 36.2 Å². The molecule has 1 aromatic carbocycles. The van der Waals surface area contributed by atoms with Crippen molar-refractivity contribution in [2.75, 3.05) is 32.4 Å². The normalized spacial score (nSPS) is 18.5. The SMILES string of the molecule is COc1ncc(-c2cccc3c2N(CC2CCCO2)NC=C3N)c(OC)n1. The van der Waals surface area contributed by atoms with Crippen LogP contribution in [0.2, 0.25) is 0 Å². The Labute approximate surface area is 157 Å². The summed E-state index contributed by atoms with van der Waals surface area (Å²) >= 11 is 0. The Morgan fingerprint density at radius 2 is 2.11 bits per heavy atom. The molecule has 1 atom stereocenters. The maximum Gasteiger partial charge on any atom is 0.319 e. The Kier molecular flexibility index (Phi) is 4.72. The first-order chi connectivity index (χ1) is 13.2. The van der Waals surface area contributed by atoms with E-state index in [1.54, 1.807) is 13.3 Å². The van der Waals surface area contributed by atoms with Gasteiger partial charge in [-0.1, -0.05) is 18.2 Å². The molecule has 1 aromatic heterocycles. The summed E-state index contributed by atoms with van der Waals surface area (Å²) < 4.78 is 16.4. The maximum absolute atomic E-state index is 6.24. The first kappa shape index (κ1) is 17.4. The zero-order chi connectivity index (χ0) is 18.8. The van der Waals surface area contributed by atoms with Crippen molar-refractivity contribution in [1.82, 2.24) is 15.4 Å². The lowest BCUT2D eigenvalue weighted by atomic mass is 9.98. The molecule has 3 N–H and O–H groups in total. The molecular formula is C19H23N5O3. The van der Waals surface area contributed by atoms with Crippen LogP contribution in [-0.4, -0.2) is 43.4 Å². The van der Waals surface area contributed by atoms with Crippen LogP contribution in [0.15, 0.2) is 30.6 Å². The number of ether oxygens (including phenoxy) is 3. The van der Waals surface area contributed by atoms with Crippen molar-refractivity contribution >= 4 is 11.4 Å². The van der Waals surface area contributed by atoms with Crippen LogP contribution in [0.5, 0.6) is 11.9 Å². The third kappa shape index (κ3) is 3.23. The van der Waals surface area contributed by atoms with Gasteiger partial charge < -0.3 is 25.4 Å². The Morgan fingerprint density at radius 1 is 1.26 bits per heavy atom. The van der Waals surface area contributed by atoms with Gasteiger partial charge in [-0.25, -0.2) is 4.98 Å². The van der Waals surface area contributed by atoms with Gasteiger partial charge in [-0.3, -0.25) is 5.01 Å². The molecule has 142 valence electrons. The molecule has 2 aliphatic heterocycles. The quantitative estimate of drug-likeness (QED) is 0.825. The van der Waals surface area contributed by atoms with E-state index in [2.05, 4.69) is 20.4 Å². The molecule has 8 heteroatoms. The average Bonchev–Trinajstić information content (AvgIpc) is 3.22. The number of hydrazine groups is 1. The lowest BCUT2D eigenvalue weighted by molar-refractivity contribution is 0.114. The van der Waals surface area contributed by atoms with Gasteiger partial charge >= 0.3 is 6.01 Å². The van der Waals surface area contributed by atoms with Crippen LogP contribution >= 0.6 is 0 Å². The van der Waals surface area contributed by atoms with Crippen molar-refractivity contribution in [2.45, 2.75) is 18.9 Å². The van der Waals surface area contributed by atoms with Crippen LogP contribution in [0, 0.1) is 0 Å². The van der Waals surface area contributed by atoms with E-state index in [1.165, 1.54) is 7.11 Å². The van der Waals surface area contributed by atoms with Crippen LogP contribution in [0.1, 0.15) is 18.4 Å². The van der Waals surface area contributed by atoms with Crippen molar-refractivity contribution in [3.8, 4) is 23.0 Å². The van der Waals surface area contributed by atoms with Gasteiger partial charge in [0.1, 0.15) is 0 Å². The second-order valence-corrected chi connectivity index (χ2v) is 6.46. The molecule has 4 rings (SSSR count). The highest BCUT2D eigenvalue weighted by atomic mass is 16.5. The summed E-state index contributed by atoms with van der Waals surface area (Å²) in [6.07, 6.45) is 5.83. The van der Waals surface area contributed by atoms with Crippen LogP contribution in [-0.2, 0) is 4.74 Å². The summed E-state index contributed by atoms with van der Waals surface area (Å²) in [5.41, 5.74) is 13.8. The molecule has 27 heavy (non-hydrogen) atoms. The standard InChI is InChI=1S/C19H23N5O3/c1-25-18-15(9-21-19(23-18)26-2)13-6-3-7-14-16(20)10-22-24(17(13)14)11-12-5-4-8-27-12/h3,6-7,9-10,12,22H,4-5,8,11,20H2,1-2H3. The maximum atomic E-state index is 6.24. The summed E-state index contributed by atoms with van der Waals surface area (Å²) in [6.45, 7) is 1.53. The zero-order valence-electron chi connectivity index (χ0n) is 15.4. The number of para-hydroxylation sites is 1. The van der Waals surface area contributed by atoms with Gasteiger partial charge in [0.05, 0.1) is 43.8 Å². The first-order valence-corrected chi connectivity index (χ1v) is 8.91. The Balaban J connectivity index is 1.81. The molecular weight excluding hydrogens is 346 g/mol. The Bertz CT molecular complexity index is 864. The van der Waals surface area contributed by atoms with E-state index in [4.69, 9.17) is 19.9 Å². The Morgan fingerprint density at radius 3 is 2.85 bits per heavy atom. The molecule has 0 saturated carbocycles. The molecule has 0 spiro atoms. The first-order valence-electron chi connectivity index (χ1n) is 8.91. The van der Waals surface area contributed by atoms with Crippen molar-refractivity contribution in [1.29, 1.82) is 0 Å². The number of benzene rings is 1. The van der Waals surface area contributed by atoms with E-state index < -0.39 is 0 Å². The van der Waals surface area contributed by atoms with E-state index in [1.807, 2.05) is 24.4 Å². The monoisotopic (exact) mass is 369 g/mol. The van der Waals surface area contributed by atoms with Crippen LogP contribution in [0.3, 0.4) is 0 Å². The molecule has 3 heterocycles. The predicted octanol–water partition coefficient (Wildman–Crippen LogP) is 1.92. The van der Waals surface area contributed by atoms with E-state index in [-0.39, 0.29) is 12.1 Å². The van der Waals surface area contributed by atoms with Gasteiger partial charge in [0.15, 0.2) is 0 Å². The van der Waals surface area contributed by atoms with Gasteiger partial charge in [-0.2, -0.15) is 4.98 Å². The van der Waals surface area contributed by atoms with Gasteiger partial charge in [-0.15, -0.1) is 0 Å². The van der Waals surface area contributed by atoms with Gasteiger partial charge in [-0.05, 0) is 12.8 Å². The summed E-state index contributed by atoms with van der Waals surface area (Å²) in [6, 6.07) is 6.24. The number of nitrogens with two attached hydrogens (primary N) is 1. The summed E-state index contributed by atoms with van der Waals surface area (Å²) in [5.74, 6) is 0.445. The molecule has 8 nitrogen and oxygen atoms in total. The lowest BCUT2D eigenvalue weighted by Crippen LogP contribution is -2.43. The number of hydrogen-bond donors (Lipinski definition) is 2. The number of nitrogens with zero attached hydrogens (tertiary/aromatic N) is 3. The van der Waals surface area contributed by atoms with Gasteiger partial charge in [0.2, 0.25) is 5.88 Å². The molecule has 0 aliphatic carbocycles. The minimum absolute atomic E-state index is 0.181. The average molecular weight is 369 g/mol. The van der Waals surface area contributed by atoms with Gasteiger partial charge in [0.25, 0.3) is 0 Å².